The highest BCUT2D eigenvalue weighted by atomic mass is 35.5. The molecule has 3 aromatic rings. The van der Waals surface area contributed by atoms with Gasteiger partial charge < -0.3 is 9.84 Å². The SMILES string of the molecule is CC1(CC2CCCC2)Cc2cc(OCc3cccc(-c4ccc(C(=O)O)cc4)c3)c(Cl)c(Cl)c2C1=O. The van der Waals surface area contributed by atoms with E-state index in [0.29, 0.717) is 23.7 Å². The minimum absolute atomic E-state index is 0.101. The molecule has 0 amide bonds. The Labute approximate surface area is 221 Å². The highest BCUT2D eigenvalue weighted by molar-refractivity contribution is 6.45. The molecule has 5 rings (SSSR count). The smallest absolute Gasteiger partial charge is 0.335 e. The lowest BCUT2D eigenvalue weighted by Gasteiger charge is -2.25. The molecule has 1 saturated carbocycles. The van der Waals surface area contributed by atoms with Crippen molar-refractivity contribution >= 4 is 35.0 Å². The molecule has 0 aliphatic heterocycles. The summed E-state index contributed by atoms with van der Waals surface area (Å²) in [5, 5.41) is 9.68. The molecule has 1 N–H and O–H groups in total. The van der Waals surface area contributed by atoms with Crippen LogP contribution in [0.1, 0.15) is 70.9 Å². The Balaban J connectivity index is 1.34. The normalized spacial score (nSPS) is 19.5. The van der Waals surface area contributed by atoms with Crippen LogP contribution in [0.15, 0.2) is 54.6 Å². The number of hydrogen-bond acceptors (Lipinski definition) is 3. The van der Waals surface area contributed by atoms with Crippen LogP contribution in [0, 0.1) is 11.3 Å². The summed E-state index contributed by atoms with van der Waals surface area (Å²) >= 11 is 13.2. The van der Waals surface area contributed by atoms with Gasteiger partial charge in [0.25, 0.3) is 0 Å². The highest BCUT2D eigenvalue weighted by Crippen LogP contribution is 2.49. The number of carbonyl (C=O) groups excluding carboxylic acids is 1. The molecule has 36 heavy (non-hydrogen) atoms. The number of hydrogen-bond donors (Lipinski definition) is 1. The Hall–Kier alpha value is -2.82. The number of aromatic carboxylic acids is 1. The van der Waals surface area contributed by atoms with E-state index in [1.165, 1.54) is 25.7 Å². The molecule has 3 aromatic carbocycles. The summed E-state index contributed by atoms with van der Waals surface area (Å²) in [6.07, 6.45) is 6.45. The maximum atomic E-state index is 13.4. The van der Waals surface area contributed by atoms with Crippen LogP contribution in [0.25, 0.3) is 11.1 Å². The van der Waals surface area contributed by atoms with Gasteiger partial charge in [0.15, 0.2) is 5.78 Å². The van der Waals surface area contributed by atoms with Gasteiger partial charge in [-0.2, -0.15) is 0 Å². The lowest BCUT2D eigenvalue weighted by Crippen LogP contribution is -2.26. The van der Waals surface area contributed by atoms with Crippen molar-refractivity contribution in [1.82, 2.24) is 0 Å². The molecule has 0 aromatic heterocycles. The van der Waals surface area contributed by atoms with Gasteiger partial charge in [-0.05, 0) is 65.3 Å². The van der Waals surface area contributed by atoms with Gasteiger partial charge >= 0.3 is 5.97 Å². The average Bonchev–Trinajstić information content (AvgIpc) is 3.46. The monoisotopic (exact) mass is 522 g/mol. The van der Waals surface area contributed by atoms with Crippen molar-refractivity contribution in [3.05, 3.63) is 86.9 Å². The largest absolute Gasteiger partial charge is 0.487 e. The zero-order valence-corrected chi connectivity index (χ0v) is 21.7. The predicted octanol–water partition coefficient (Wildman–Crippen LogP) is 8.26. The molecule has 2 aliphatic rings. The molecule has 4 nitrogen and oxygen atoms in total. The van der Waals surface area contributed by atoms with Gasteiger partial charge in [0.05, 0.1) is 10.6 Å². The second-order valence-electron chi connectivity index (χ2n) is 10.3. The summed E-state index contributed by atoms with van der Waals surface area (Å²) in [5.41, 5.74) is 4.09. The summed E-state index contributed by atoms with van der Waals surface area (Å²) in [7, 11) is 0. The number of rotatable bonds is 7. The van der Waals surface area contributed by atoms with Gasteiger partial charge in [-0.15, -0.1) is 0 Å². The van der Waals surface area contributed by atoms with Gasteiger partial charge in [-0.3, -0.25) is 4.79 Å². The molecule has 0 radical (unpaired) electrons. The summed E-state index contributed by atoms with van der Waals surface area (Å²) in [4.78, 5) is 24.5. The fourth-order valence-corrected chi connectivity index (χ4v) is 6.27. The molecule has 1 atom stereocenters. The second kappa shape index (κ2) is 9.91. The van der Waals surface area contributed by atoms with Crippen molar-refractivity contribution in [1.29, 1.82) is 0 Å². The Morgan fingerprint density at radius 1 is 1.03 bits per heavy atom. The van der Waals surface area contributed by atoms with E-state index in [9.17, 15) is 9.59 Å². The minimum atomic E-state index is -0.950. The predicted molar refractivity (Wildman–Crippen MR) is 142 cm³/mol. The topological polar surface area (TPSA) is 63.6 Å². The first kappa shape index (κ1) is 24.9. The molecule has 0 spiro atoms. The van der Waals surface area contributed by atoms with Crippen LogP contribution in [0.2, 0.25) is 10.0 Å². The maximum absolute atomic E-state index is 13.4. The van der Waals surface area contributed by atoms with Crippen LogP contribution in [0.4, 0.5) is 0 Å². The lowest BCUT2D eigenvalue weighted by atomic mass is 9.77. The first-order valence-electron chi connectivity index (χ1n) is 12.4. The van der Waals surface area contributed by atoms with Gasteiger partial charge in [-0.1, -0.05) is 86.1 Å². The Bertz CT molecular complexity index is 1330. The molecule has 0 saturated heterocycles. The molecular weight excluding hydrogens is 495 g/mol. The molecule has 1 fully saturated rings. The zero-order chi connectivity index (χ0) is 25.4. The number of fused-ring (bicyclic) bond motifs is 1. The average molecular weight is 523 g/mol. The number of benzene rings is 3. The summed E-state index contributed by atoms with van der Waals surface area (Å²) in [5.74, 6) is 0.235. The number of halogens is 2. The van der Waals surface area contributed by atoms with Crippen molar-refractivity contribution in [2.45, 2.75) is 52.1 Å². The molecule has 186 valence electrons. The molecular formula is C30H28Cl2O4. The number of ether oxygens (including phenoxy) is 1. The van der Waals surface area contributed by atoms with Crippen LogP contribution >= 0.6 is 23.2 Å². The Morgan fingerprint density at radius 3 is 2.44 bits per heavy atom. The van der Waals surface area contributed by atoms with Crippen LogP contribution in [-0.2, 0) is 13.0 Å². The molecule has 1 unspecified atom stereocenters. The van der Waals surface area contributed by atoms with Crippen molar-refractivity contribution < 1.29 is 19.4 Å². The number of carboxylic acids is 1. The third-order valence-corrected chi connectivity index (χ3v) is 8.46. The van der Waals surface area contributed by atoms with Crippen LogP contribution in [0.3, 0.4) is 0 Å². The van der Waals surface area contributed by atoms with E-state index in [-0.39, 0.29) is 28.0 Å². The number of carbonyl (C=O) groups is 2. The standard InChI is InChI=1S/C30H28Cl2O4/c1-30(15-18-5-2-3-6-18)16-23-14-24(26(31)27(32)25(23)28(30)33)36-17-19-7-4-8-22(13-19)20-9-11-21(12-10-20)29(34)35/h4,7-14,18H,2-3,5-6,15-17H2,1H3,(H,34,35). The zero-order valence-electron chi connectivity index (χ0n) is 20.2. The maximum Gasteiger partial charge on any atom is 0.335 e. The van der Waals surface area contributed by atoms with Gasteiger partial charge in [0, 0.05) is 11.0 Å². The van der Waals surface area contributed by atoms with Crippen molar-refractivity contribution in [2.24, 2.45) is 11.3 Å². The fraction of sp³-hybridized carbons (Fsp3) is 0.333. The van der Waals surface area contributed by atoms with Crippen LogP contribution < -0.4 is 4.74 Å². The van der Waals surface area contributed by atoms with E-state index < -0.39 is 11.4 Å². The van der Waals surface area contributed by atoms with E-state index >= 15 is 0 Å². The van der Waals surface area contributed by atoms with E-state index in [1.807, 2.05) is 30.3 Å². The van der Waals surface area contributed by atoms with Crippen LogP contribution in [-0.4, -0.2) is 16.9 Å². The first-order valence-corrected chi connectivity index (χ1v) is 13.1. The van der Waals surface area contributed by atoms with Crippen LogP contribution in [0.5, 0.6) is 5.75 Å². The summed E-state index contributed by atoms with van der Waals surface area (Å²) in [6.45, 7) is 2.34. The Kier molecular flexibility index (Phi) is 6.84. The molecule has 6 heteroatoms. The quantitative estimate of drug-likeness (QED) is 0.339. The first-order chi connectivity index (χ1) is 17.2. The van der Waals surface area contributed by atoms with Gasteiger partial charge in [-0.25, -0.2) is 4.79 Å². The second-order valence-corrected chi connectivity index (χ2v) is 11.1. The van der Waals surface area contributed by atoms with E-state index in [4.69, 9.17) is 33.0 Å². The number of carboxylic acid groups (broad SMARTS) is 1. The van der Waals surface area contributed by atoms with Crippen molar-refractivity contribution in [3.8, 4) is 16.9 Å². The van der Waals surface area contributed by atoms with E-state index in [1.54, 1.807) is 24.3 Å². The fourth-order valence-electron chi connectivity index (χ4n) is 5.77. The van der Waals surface area contributed by atoms with Gasteiger partial charge in [0.1, 0.15) is 17.4 Å². The van der Waals surface area contributed by atoms with E-state index in [0.717, 1.165) is 28.7 Å². The van der Waals surface area contributed by atoms with Gasteiger partial charge in [0.2, 0.25) is 0 Å². The Morgan fingerprint density at radius 2 is 1.75 bits per heavy atom. The summed E-state index contributed by atoms with van der Waals surface area (Å²) in [6, 6.07) is 16.5. The lowest BCUT2D eigenvalue weighted by molar-refractivity contribution is 0.0696. The number of ketones is 1. The minimum Gasteiger partial charge on any atom is -0.487 e. The third-order valence-electron chi connectivity index (χ3n) is 7.61. The van der Waals surface area contributed by atoms with E-state index in [2.05, 4.69) is 6.92 Å². The van der Waals surface area contributed by atoms with Crippen molar-refractivity contribution in [2.75, 3.05) is 0 Å². The third kappa shape index (κ3) is 4.77. The molecule has 0 bridgehead atoms. The highest BCUT2D eigenvalue weighted by Gasteiger charge is 2.45. The number of Topliss-reactive ketones (excluding diaryl/α,β-unsaturated/α-hetero) is 1. The van der Waals surface area contributed by atoms with Crippen molar-refractivity contribution in [3.63, 3.8) is 0 Å². The molecule has 2 aliphatic carbocycles. The summed E-state index contributed by atoms with van der Waals surface area (Å²) < 4.78 is 6.10. The molecule has 0 heterocycles.